The Morgan fingerprint density at radius 2 is 1.84 bits per heavy atom. The van der Waals surface area contributed by atoms with Crippen molar-refractivity contribution in [2.24, 2.45) is 0 Å². The zero-order valence-electron chi connectivity index (χ0n) is 9.96. The highest BCUT2D eigenvalue weighted by atomic mass is 127. The summed E-state index contributed by atoms with van der Waals surface area (Å²) in [6.07, 6.45) is 0. The summed E-state index contributed by atoms with van der Waals surface area (Å²) in [7, 11) is 1.67. The highest BCUT2D eigenvalue weighted by molar-refractivity contribution is 14.1. The minimum atomic E-state index is -0.979. The van der Waals surface area contributed by atoms with E-state index in [0.29, 0.717) is 11.3 Å². The largest absolute Gasteiger partial charge is 0.478 e. The van der Waals surface area contributed by atoms with Crippen LogP contribution in [0.2, 0.25) is 0 Å². The Balaban J connectivity index is 2.21. The number of nitrogens with zero attached hydrogens (tertiary/aromatic N) is 1. The van der Waals surface area contributed by atoms with Gasteiger partial charge in [-0.15, -0.1) is 11.3 Å². The second kappa shape index (κ2) is 5.70. The lowest BCUT2D eigenvalue weighted by Crippen LogP contribution is -2.25. The third kappa shape index (κ3) is 3.13. The molecule has 0 fully saturated rings. The number of benzene rings is 1. The highest BCUT2D eigenvalue weighted by Crippen LogP contribution is 2.21. The molecule has 6 heteroatoms. The quantitative estimate of drug-likeness (QED) is 0.823. The highest BCUT2D eigenvalue weighted by Gasteiger charge is 2.15. The Morgan fingerprint density at radius 3 is 2.32 bits per heavy atom. The molecule has 0 saturated heterocycles. The van der Waals surface area contributed by atoms with Crippen molar-refractivity contribution in [3.63, 3.8) is 0 Å². The van der Waals surface area contributed by atoms with Crippen LogP contribution >= 0.6 is 33.9 Å². The SMILES string of the molecule is CN(C(=O)c1csc(I)c1)c1ccc(C(=O)O)cc1. The number of carboxylic acids is 1. The monoisotopic (exact) mass is 387 g/mol. The van der Waals surface area contributed by atoms with E-state index in [9.17, 15) is 9.59 Å². The van der Waals surface area contributed by atoms with Crippen molar-refractivity contribution >= 4 is 51.5 Å². The topological polar surface area (TPSA) is 57.6 Å². The first kappa shape index (κ1) is 14.0. The second-order valence-electron chi connectivity index (χ2n) is 3.86. The van der Waals surface area contributed by atoms with Gasteiger partial charge < -0.3 is 10.0 Å². The van der Waals surface area contributed by atoms with Crippen LogP contribution in [0.25, 0.3) is 0 Å². The molecule has 0 aliphatic heterocycles. The maximum absolute atomic E-state index is 12.2. The van der Waals surface area contributed by atoms with Gasteiger partial charge in [0.1, 0.15) is 0 Å². The molecule has 0 aliphatic rings. The average Bonchev–Trinajstić information content (AvgIpc) is 2.84. The number of hydrogen-bond acceptors (Lipinski definition) is 3. The number of halogens is 1. The van der Waals surface area contributed by atoms with Crippen molar-refractivity contribution in [3.8, 4) is 0 Å². The number of thiophene rings is 1. The van der Waals surface area contributed by atoms with Crippen molar-refractivity contribution in [2.75, 3.05) is 11.9 Å². The minimum Gasteiger partial charge on any atom is -0.478 e. The maximum atomic E-state index is 12.2. The van der Waals surface area contributed by atoms with Crippen LogP contribution in [0.4, 0.5) is 5.69 Å². The van der Waals surface area contributed by atoms with Gasteiger partial charge in [-0.3, -0.25) is 4.79 Å². The lowest BCUT2D eigenvalue weighted by Gasteiger charge is -2.16. The molecule has 0 saturated carbocycles. The van der Waals surface area contributed by atoms with Gasteiger partial charge in [0.15, 0.2) is 0 Å². The molecule has 0 unspecified atom stereocenters. The fraction of sp³-hybridized carbons (Fsp3) is 0.0769. The summed E-state index contributed by atoms with van der Waals surface area (Å²) in [6, 6.07) is 8.05. The smallest absolute Gasteiger partial charge is 0.335 e. The van der Waals surface area contributed by atoms with Gasteiger partial charge in [0.2, 0.25) is 0 Å². The second-order valence-corrected chi connectivity index (χ2v) is 6.66. The zero-order valence-corrected chi connectivity index (χ0v) is 12.9. The first-order chi connectivity index (χ1) is 8.99. The number of aromatic carboxylic acids is 1. The molecule has 1 N–H and O–H groups in total. The van der Waals surface area contributed by atoms with Crippen molar-refractivity contribution in [2.45, 2.75) is 0 Å². The Bertz CT molecular complexity index is 621. The first-order valence-electron chi connectivity index (χ1n) is 5.34. The molecule has 1 aromatic heterocycles. The molecular weight excluding hydrogens is 377 g/mol. The maximum Gasteiger partial charge on any atom is 0.335 e. The summed E-state index contributed by atoms with van der Waals surface area (Å²) in [5.74, 6) is -1.09. The molecule has 1 aromatic carbocycles. The predicted molar refractivity (Wildman–Crippen MR) is 83.2 cm³/mol. The van der Waals surface area contributed by atoms with Crippen LogP contribution in [0.5, 0.6) is 0 Å². The van der Waals surface area contributed by atoms with E-state index in [0.717, 1.165) is 2.88 Å². The van der Waals surface area contributed by atoms with Crippen molar-refractivity contribution < 1.29 is 14.7 Å². The molecule has 4 nitrogen and oxygen atoms in total. The van der Waals surface area contributed by atoms with Crippen LogP contribution < -0.4 is 4.90 Å². The van der Waals surface area contributed by atoms with E-state index < -0.39 is 5.97 Å². The number of carbonyl (C=O) groups is 2. The fourth-order valence-corrected chi connectivity index (χ4v) is 2.88. The summed E-state index contributed by atoms with van der Waals surface area (Å²) in [5.41, 5.74) is 1.50. The van der Waals surface area contributed by atoms with Crippen LogP contribution in [0, 0.1) is 2.88 Å². The number of carboxylic acid groups (broad SMARTS) is 1. The van der Waals surface area contributed by atoms with Gasteiger partial charge in [-0.2, -0.15) is 0 Å². The van der Waals surface area contributed by atoms with Crippen molar-refractivity contribution in [1.82, 2.24) is 0 Å². The van der Waals surface area contributed by atoms with Gasteiger partial charge in [0.25, 0.3) is 5.91 Å². The normalized spacial score (nSPS) is 10.2. The van der Waals surface area contributed by atoms with Crippen LogP contribution in [-0.4, -0.2) is 24.0 Å². The van der Waals surface area contributed by atoms with Crippen LogP contribution in [0.1, 0.15) is 20.7 Å². The molecule has 98 valence electrons. The number of carbonyl (C=O) groups excluding carboxylic acids is 1. The molecule has 0 aliphatic carbocycles. The molecular formula is C13H10INO3S. The predicted octanol–water partition coefficient (Wildman–Crippen LogP) is 3.33. The molecule has 1 amide bonds. The fourth-order valence-electron chi connectivity index (χ4n) is 1.56. The van der Waals surface area contributed by atoms with E-state index in [2.05, 4.69) is 22.6 Å². The molecule has 0 bridgehead atoms. The van der Waals surface area contributed by atoms with Crippen molar-refractivity contribution in [1.29, 1.82) is 0 Å². The number of rotatable bonds is 3. The average molecular weight is 387 g/mol. The van der Waals surface area contributed by atoms with Gasteiger partial charge >= 0.3 is 5.97 Å². The summed E-state index contributed by atoms with van der Waals surface area (Å²) < 4.78 is 1.05. The van der Waals surface area contributed by atoms with Gasteiger partial charge in [-0.05, 0) is 52.9 Å². The summed E-state index contributed by atoms with van der Waals surface area (Å²) in [5, 5.41) is 10.6. The van der Waals surface area contributed by atoms with Crippen LogP contribution in [0.15, 0.2) is 35.7 Å². The third-order valence-corrected chi connectivity index (χ3v) is 4.41. The van der Waals surface area contributed by atoms with Gasteiger partial charge in [-0.25, -0.2) is 4.79 Å². The standard InChI is InChI=1S/C13H10INO3S/c1-15(12(16)9-6-11(14)19-7-9)10-4-2-8(3-5-10)13(17)18/h2-7H,1H3,(H,17,18). The van der Waals surface area contributed by atoms with E-state index in [1.54, 1.807) is 19.2 Å². The lowest BCUT2D eigenvalue weighted by atomic mass is 10.2. The molecule has 1 heterocycles. The van der Waals surface area contributed by atoms with Crippen LogP contribution in [-0.2, 0) is 0 Å². The Labute approximate surface area is 127 Å². The first-order valence-corrected chi connectivity index (χ1v) is 7.30. The van der Waals surface area contributed by atoms with Gasteiger partial charge in [-0.1, -0.05) is 0 Å². The van der Waals surface area contributed by atoms with E-state index in [1.807, 2.05) is 11.4 Å². The van der Waals surface area contributed by atoms with Gasteiger partial charge in [0.05, 0.1) is 14.0 Å². The summed E-state index contributed by atoms with van der Waals surface area (Å²) in [6.45, 7) is 0. The van der Waals surface area contributed by atoms with Gasteiger partial charge in [0, 0.05) is 18.1 Å². The third-order valence-electron chi connectivity index (χ3n) is 2.62. The zero-order chi connectivity index (χ0) is 14.0. The van der Waals surface area contributed by atoms with Crippen molar-refractivity contribution in [3.05, 3.63) is 49.7 Å². The minimum absolute atomic E-state index is 0.109. The van der Waals surface area contributed by atoms with E-state index >= 15 is 0 Å². The number of hydrogen-bond donors (Lipinski definition) is 1. The molecule has 19 heavy (non-hydrogen) atoms. The van der Waals surface area contributed by atoms with E-state index in [1.165, 1.54) is 28.4 Å². The summed E-state index contributed by atoms with van der Waals surface area (Å²) in [4.78, 5) is 24.5. The molecule has 0 spiro atoms. The van der Waals surface area contributed by atoms with E-state index in [-0.39, 0.29) is 11.5 Å². The Hall–Kier alpha value is -1.41. The number of anilines is 1. The Kier molecular flexibility index (Phi) is 4.20. The Morgan fingerprint density at radius 1 is 1.21 bits per heavy atom. The van der Waals surface area contributed by atoms with Crippen LogP contribution in [0.3, 0.4) is 0 Å². The van der Waals surface area contributed by atoms with E-state index in [4.69, 9.17) is 5.11 Å². The molecule has 0 radical (unpaired) electrons. The molecule has 0 atom stereocenters. The number of amides is 1. The molecule has 2 aromatic rings. The summed E-state index contributed by atoms with van der Waals surface area (Å²) >= 11 is 3.68. The lowest BCUT2D eigenvalue weighted by molar-refractivity contribution is 0.0696. The molecule has 2 rings (SSSR count).